The molecule has 0 bridgehead atoms. The summed E-state index contributed by atoms with van der Waals surface area (Å²) >= 11 is 0. The van der Waals surface area contributed by atoms with Crippen molar-refractivity contribution in [2.75, 3.05) is 0 Å². The van der Waals surface area contributed by atoms with Crippen molar-refractivity contribution in [3.63, 3.8) is 0 Å². The fourth-order valence-electron chi connectivity index (χ4n) is 3.11. The van der Waals surface area contributed by atoms with Crippen LogP contribution in [-0.2, 0) is 30.3 Å². The lowest BCUT2D eigenvalue weighted by Crippen LogP contribution is -2.40. The zero-order valence-electron chi connectivity index (χ0n) is 14.2. The number of halogens is 1. The Bertz CT molecular complexity index is 603. The minimum absolute atomic E-state index is 0.0453. The van der Waals surface area contributed by atoms with Gasteiger partial charge in [0.1, 0.15) is 24.1 Å². The number of Topliss-reactive ketones (excluding diaryl/α,β-unsaturated/α-hetero) is 1. The molecule has 4 atom stereocenters. The average Bonchev–Trinajstić information content (AvgIpc) is 2.99. The van der Waals surface area contributed by atoms with E-state index in [1.165, 1.54) is 6.07 Å². The van der Waals surface area contributed by atoms with Crippen LogP contribution in [0.3, 0.4) is 0 Å². The number of benzene rings is 1. The molecule has 2 heterocycles. The predicted octanol–water partition coefficient (Wildman–Crippen LogP) is 2.96. The van der Waals surface area contributed by atoms with Crippen molar-refractivity contribution in [1.29, 1.82) is 0 Å². The Labute approximate surface area is 141 Å². The molecule has 1 aromatic carbocycles. The summed E-state index contributed by atoms with van der Waals surface area (Å²) in [5, 5.41) is 0. The highest BCUT2D eigenvalue weighted by Gasteiger charge is 2.57. The van der Waals surface area contributed by atoms with Crippen LogP contribution in [0.25, 0.3) is 0 Å². The van der Waals surface area contributed by atoms with Gasteiger partial charge in [0.25, 0.3) is 0 Å². The van der Waals surface area contributed by atoms with Crippen molar-refractivity contribution < 1.29 is 28.1 Å². The summed E-state index contributed by atoms with van der Waals surface area (Å²) in [6, 6.07) is 6.40. The van der Waals surface area contributed by atoms with Gasteiger partial charge in [-0.25, -0.2) is 4.39 Å². The first-order valence-corrected chi connectivity index (χ1v) is 8.30. The van der Waals surface area contributed by atoms with E-state index >= 15 is 0 Å². The van der Waals surface area contributed by atoms with Crippen LogP contribution in [0.5, 0.6) is 0 Å². The molecule has 24 heavy (non-hydrogen) atoms. The van der Waals surface area contributed by atoms with Gasteiger partial charge in [-0.05, 0) is 26.3 Å². The maximum Gasteiger partial charge on any atom is 0.190 e. The van der Waals surface area contributed by atoms with Gasteiger partial charge in [0, 0.05) is 12.0 Å². The van der Waals surface area contributed by atoms with Crippen LogP contribution >= 0.6 is 0 Å². The molecule has 0 saturated carbocycles. The second-order valence-corrected chi connectivity index (χ2v) is 6.61. The van der Waals surface area contributed by atoms with E-state index in [1.54, 1.807) is 32.0 Å². The van der Waals surface area contributed by atoms with E-state index in [1.807, 2.05) is 6.92 Å². The van der Waals surface area contributed by atoms with Crippen molar-refractivity contribution >= 4 is 5.78 Å². The van der Waals surface area contributed by atoms with Crippen molar-refractivity contribution in [2.24, 2.45) is 0 Å². The van der Waals surface area contributed by atoms with Gasteiger partial charge in [0.15, 0.2) is 17.9 Å². The molecule has 2 aliphatic heterocycles. The van der Waals surface area contributed by atoms with Crippen molar-refractivity contribution in [2.45, 2.75) is 70.6 Å². The van der Waals surface area contributed by atoms with Crippen LogP contribution in [0.1, 0.15) is 39.2 Å². The predicted molar refractivity (Wildman–Crippen MR) is 83.6 cm³/mol. The molecule has 2 saturated heterocycles. The highest BCUT2D eigenvalue weighted by atomic mass is 19.1. The average molecular weight is 338 g/mol. The molecule has 6 heteroatoms. The van der Waals surface area contributed by atoms with Crippen LogP contribution < -0.4 is 0 Å². The maximum absolute atomic E-state index is 13.8. The number of carbonyl (C=O) groups is 1. The summed E-state index contributed by atoms with van der Waals surface area (Å²) in [5.74, 6) is -1.18. The first-order valence-electron chi connectivity index (χ1n) is 8.30. The van der Waals surface area contributed by atoms with E-state index in [9.17, 15) is 9.18 Å². The van der Waals surface area contributed by atoms with E-state index in [-0.39, 0.29) is 18.2 Å². The fraction of sp³-hybridized carbons (Fsp3) is 0.611. The third-order valence-electron chi connectivity index (χ3n) is 4.19. The Hall–Kier alpha value is -1.34. The lowest BCUT2D eigenvalue weighted by Gasteiger charge is -2.25. The van der Waals surface area contributed by atoms with Gasteiger partial charge < -0.3 is 18.9 Å². The Morgan fingerprint density at radius 1 is 1.29 bits per heavy atom. The molecule has 5 nitrogen and oxygen atoms in total. The Kier molecular flexibility index (Phi) is 5.01. The van der Waals surface area contributed by atoms with E-state index in [2.05, 4.69) is 0 Å². The van der Waals surface area contributed by atoms with Crippen LogP contribution in [0.15, 0.2) is 24.3 Å². The summed E-state index contributed by atoms with van der Waals surface area (Å²) in [6.45, 7) is 5.54. The first-order chi connectivity index (χ1) is 11.4. The standard InChI is InChI=1S/C18H23FO5/c1-4-7-13(20)14-15(16-17(22-14)24-18(2,3)23-16)21-10-11-8-5-6-9-12(11)19/h5-6,8-9,14-17H,4,7,10H2,1-3H3/t14-,15+,16-,17-/m1/s1. The fourth-order valence-corrected chi connectivity index (χ4v) is 3.11. The van der Waals surface area contributed by atoms with E-state index in [0.717, 1.165) is 6.42 Å². The first kappa shape index (κ1) is 17.5. The topological polar surface area (TPSA) is 54.0 Å². The quantitative estimate of drug-likeness (QED) is 0.798. The van der Waals surface area contributed by atoms with E-state index in [4.69, 9.17) is 18.9 Å². The molecule has 0 amide bonds. The third-order valence-corrected chi connectivity index (χ3v) is 4.19. The Morgan fingerprint density at radius 3 is 2.75 bits per heavy atom. The van der Waals surface area contributed by atoms with Crippen molar-refractivity contribution in [1.82, 2.24) is 0 Å². The zero-order valence-corrected chi connectivity index (χ0v) is 14.2. The Morgan fingerprint density at radius 2 is 2.04 bits per heavy atom. The molecule has 0 N–H and O–H groups in total. The molecule has 0 radical (unpaired) electrons. The largest absolute Gasteiger partial charge is 0.367 e. The molecular weight excluding hydrogens is 315 g/mol. The van der Waals surface area contributed by atoms with Gasteiger partial charge in [-0.1, -0.05) is 25.1 Å². The highest BCUT2D eigenvalue weighted by Crippen LogP contribution is 2.39. The lowest BCUT2D eigenvalue weighted by atomic mass is 10.0. The summed E-state index contributed by atoms with van der Waals surface area (Å²) in [7, 11) is 0. The van der Waals surface area contributed by atoms with Crippen LogP contribution in [-0.4, -0.2) is 36.2 Å². The molecule has 3 rings (SSSR count). The van der Waals surface area contributed by atoms with E-state index in [0.29, 0.717) is 12.0 Å². The number of hydrogen-bond donors (Lipinski definition) is 0. The normalized spacial score (nSPS) is 31.2. The molecule has 0 spiro atoms. The van der Waals surface area contributed by atoms with Gasteiger partial charge in [-0.2, -0.15) is 0 Å². The van der Waals surface area contributed by atoms with Crippen molar-refractivity contribution in [3.05, 3.63) is 35.6 Å². The minimum atomic E-state index is -0.798. The zero-order chi connectivity index (χ0) is 17.3. The lowest BCUT2D eigenvalue weighted by molar-refractivity contribution is -0.218. The Balaban J connectivity index is 1.74. The SMILES string of the molecule is CCCC(=O)[C@H]1O[C@@H]2OC(C)(C)O[C@@H]2[C@H]1OCc1ccccc1F. The second-order valence-electron chi connectivity index (χ2n) is 6.61. The molecule has 1 aromatic rings. The molecule has 0 aliphatic carbocycles. The third kappa shape index (κ3) is 3.52. The number of carbonyl (C=O) groups excluding carboxylic acids is 1. The second kappa shape index (κ2) is 6.88. The van der Waals surface area contributed by atoms with E-state index < -0.39 is 30.4 Å². The highest BCUT2D eigenvalue weighted by molar-refractivity contribution is 5.84. The molecule has 0 unspecified atom stereocenters. The minimum Gasteiger partial charge on any atom is -0.367 e. The van der Waals surface area contributed by atoms with Crippen LogP contribution in [0.4, 0.5) is 4.39 Å². The number of rotatable bonds is 6. The molecule has 2 aliphatic rings. The van der Waals surface area contributed by atoms with Gasteiger partial charge in [0.2, 0.25) is 0 Å². The monoisotopic (exact) mass is 338 g/mol. The number of hydrogen-bond acceptors (Lipinski definition) is 5. The van der Waals surface area contributed by atoms with Gasteiger partial charge >= 0.3 is 0 Å². The van der Waals surface area contributed by atoms with Gasteiger partial charge in [-0.3, -0.25) is 4.79 Å². The van der Waals surface area contributed by atoms with Crippen LogP contribution in [0, 0.1) is 5.82 Å². The molecule has 2 fully saturated rings. The molecule has 0 aromatic heterocycles. The number of ketones is 1. The molecular formula is C18H23FO5. The van der Waals surface area contributed by atoms with Crippen molar-refractivity contribution in [3.8, 4) is 0 Å². The van der Waals surface area contributed by atoms with Crippen LogP contribution in [0.2, 0.25) is 0 Å². The summed E-state index contributed by atoms with van der Waals surface area (Å²) in [5.41, 5.74) is 0.431. The summed E-state index contributed by atoms with van der Waals surface area (Å²) < 4.78 is 36.9. The summed E-state index contributed by atoms with van der Waals surface area (Å²) in [6.07, 6.45) is -1.39. The van der Waals surface area contributed by atoms with Gasteiger partial charge in [-0.15, -0.1) is 0 Å². The van der Waals surface area contributed by atoms with Gasteiger partial charge in [0.05, 0.1) is 6.61 Å². The number of ether oxygens (including phenoxy) is 4. The molecule has 132 valence electrons. The number of fused-ring (bicyclic) bond motifs is 1. The summed E-state index contributed by atoms with van der Waals surface area (Å²) in [4.78, 5) is 12.3. The smallest absolute Gasteiger partial charge is 0.190 e. The maximum atomic E-state index is 13.8.